The number of thioether (sulfide) groups is 1. The molecule has 0 aromatic carbocycles. The molecule has 3 rings (SSSR count). The SMILES string of the molecule is CCn1c(SCC(=O)c2ccc(C)s2)nnc1N1CCOCC1. The monoisotopic (exact) mass is 352 g/mol. The molecular weight excluding hydrogens is 332 g/mol. The number of morpholine rings is 1. The molecule has 6 nitrogen and oxygen atoms in total. The van der Waals surface area contributed by atoms with Crippen LogP contribution in [0.2, 0.25) is 0 Å². The van der Waals surface area contributed by atoms with Gasteiger partial charge >= 0.3 is 0 Å². The van der Waals surface area contributed by atoms with Crippen molar-refractivity contribution in [2.24, 2.45) is 0 Å². The maximum Gasteiger partial charge on any atom is 0.228 e. The topological polar surface area (TPSA) is 60.2 Å². The predicted molar refractivity (Wildman–Crippen MR) is 92.8 cm³/mol. The fourth-order valence-electron chi connectivity index (χ4n) is 2.45. The highest BCUT2D eigenvalue weighted by Gasteiger charge is 2.20. The van der Waals surface area contributed by atoms with Gasteiger partial charge in [0.2, 0.25) is 5.95 Å². The molecule has 0 unspecified atom stereocenters. The lowest BCUT2D eigenvalue weighted by Crippen LogP contribution is -2.38. The van der Waals surface area contributed by atoms with Gasteiger partial charge in [0.1, 0.15) is 0 Å². The summed E-state index contributed by atoms with van der Waals surface area (Å²) >= 11 is 3.00. The van der Waals surface area contributed by atoms with Crippen molar-refractivity contribution in [2.75, 3.05) is 37.0 Å². The molecule has 2 aromatic heterocycles. The van der Waals surface area contributed by atoms with E-state index in [0.29, 0.717) is 5.75 Å². The Labute approximate surface area is 143 Å². The number of Topliss-reactive ketones (excluding diaryl/α,β-unsaturated/α-hetero) is 1. The van der Waals surface area contributed by atoms with Crippen molar-refractivity contribution in [1.82, 2.24) is 14.8 Å². The van der Waals surface area contributed by atoms with Crippen molar-refractivity contribution in [3.63, 3.8) is 0 Å². The van der Waals surface area contributed by atoms with Crippen LogP contribution < -0.4 is 4.90 Å². The van der Waals surface area contributed by atoms with E-state index in [-0.39, 0.29) is 5.78 Å². The van der Waals surface area contributed by atoms with Crippen molar-refractivity contribution in [1.29, 1.82) is 0 Å². The molecule has 8 heteroatoms. The summed E-state index contributed by atoms with van der Waals surface area (Å²) in [6.45, 7) is 7.96. The zero-order chi connectivity index (χ0) is 16.2. The number of ketones is 1. The third-order valence-electron chi connectivity index (χ3n) is 3.66. The van der Waals surface area contributed by atoms with E-state index in [1.165, 1.54) is 11.8 Å². The molecule has 124 valence electrons. The molecule has 0 N–H and O–H groups in total. The first kappa shape index (κ1) is 16.5. The summed E-state index contributed by atoms with van der Waals surface area (Å²) in [7, 11) is 0. The zero-order valence-electron chi connectivity index (χ0n) is 13.3. The summed E-state index contributed by atoms with van der Waals surface area (Å²) in [6, 6.07) is 3.88. The lowest BCUT2D eigenvalue weighted by Gasteiger charge is -2.27. The molecule has 0 atom stereocenters. The lowest BCUT2D eigenvalue weighted by atomic mass is 10.3. The number of ether oxygens (including phenoxy) is 1. The van der Waals surface area contributed by atoms with Gasteiger partial charge in [0.25, 0.3) is 0 Å². The highest BCUT2D eigenvalue weighted by Crippen LogP contribution is 2.24. The standard InChI is InChI=1S/C15H20N4O2S2/c1-3-19-14(18-6-8-21-9-7-18)16-17-15(19)22-10-12(20)13-5-4-11(2)23-13/h4-5H,3,6-10H2,1-2H3. The zero-order valence-corrected chi connectivity index (χ0v) is 15.0. The average molecular weight is 352 g/mol. The Balaban J connectivity index is 1.68. The second-order valence-electron chi connectivity index (χ2n) is 5.25. The van der Waals surface area contributed by atoms with Crippen LogP contribution in [0, 0.1) is 6.92 Å². The summed E-state index contributed by atoms with van der Waals surface area (Å²) < 4.78 is 7.46. The first-order valence-electron chi connectivity index (χ1n) is 7.67. The quantitative estimate of drug-likeness (QED) is 0.588. The first-order valence-corrected chi connectivity index (χ1v) is 9.47. The van der Waals surface area contributed by atoms with Crippen LogP contribution in [0.5, 0.6) is 0 Å². The van der Waals surface area contributed by atoms with Crippen LogP contribution in [0.3, 0.4) is 0 Å². The average Bonchev–Trinajstić information content (AvgIpc) is 3.19. The number of carbonyl (C=O) groups excluding carboxylic acids is 1. The van der Waals surface area contributed by atoms with Gasteiger partial charge in [0, 0.05) is 24.5 Å². The van der Waals surface area contributed by atoms with Crippen molar-refractivity contribution >= 4 is 34.8 Å². The van der Waals surface area contributed by atoms with Crippen LogP contribution in [0.1, 0.15) is 21.5 Å². The minimum absolute atomic E-state index is 0.145. The molecular formula is C15H20N4O2S2. The lowest BCUT2D eigenvalue weighted by molar-refractivity contribution is 0.102. The highest BCUT2D eigenvalue weighted by molar-refractivity contribution is 7.99. The molecule has 0 amide bonds. The van der Waals surface area contributed by atoms with Crippen LogP contribution >= 0.6 is 23.1 Å². The van der Waals surface area contributed by atoms with Gasteiger partial charge in [-0.05, 0) is 26.0 Å². The Kier molecular flexibility index (Phi) is 5.34. The van der Waals surface area contributed by atoms with Crippen molar-refractivity contribution in [2.45, 2.75) is 25.5 Å². The van der Waals surface area contributed by atoms with Gasteiger partial charge in [-0.25, -0.2) is 0 Å². The summed E-state index contributed by atoms with van der Waals surface area (Å²) in [5, 5.41) is 9.40. The third-order valence-corrected chi connectivity index (χ3v) is 5.66. The van der Waals surface area contributed by atoms with Gasteiger partial charge < -0.3 is 9.64 Å². The van der Waals surface area contributed by atoms with Crippen LogP contribution in [-0.2, 0) is 11.3 Å². The maximum absolute atomic E-state index is 12.2. The molecule has 0 aliphatic carbocycles. The largest absolute Gasteiger partial charge is 0.378 e. The van der Waals surface area contributed by atoms with Gasteiger partial charge in [-0.3, -0.25) is 9.36 Å². The number of hydrogen-bond acceptors (Lipinski definition) is 7. The number of carbonyl (C=O) groups is 1. The summed E-state index contributed by atoms with van der Waals surface area (Å²) in [5.41, 5.74) is 0. The number of nitrogens with zero attached hydrogens (tertiary/aromatic N) is 4. The van der Waals surface area contributed by atoms with Crippen LogP contribution in [-0.4, -0.2) is 52.6 Å². The Morgan fingerprint density at radius 1 is 1.35 bits per heavy atom. The number of thiophene rings is 1. The van der Waals surface area contributed by atoms with E-state index in [9.17, 15) is 4.79 Å². The minimum Gasteiger partial charge on any atom is -0.378 e. The molecule has 1 fully saturated rings. The Bertz CT molecular complexity index is 677. The molecule has 0 saturated carbocycles. The molecule has 0 radical (unpaired) electrons. The molecule has 0 bridgehead atoms. The summed E-state index contributed by atoms with van der Waals surface area (Å²) in [4.78, 5) is 16.4. The smallest absolute Gasteiger partial charge is 0.228 e. The van der Waals surface area contributed by atoms with E-state index < -0.39 is 0 Å². The molecule has 3 heterocycles. The predicted octanol–water partition coefficient (Wildman–Crippen LogP) is 2.48. The minimum atomic E-state index is 0.145. The molecule has 23 heavy (non-hydrogen) atoms. The van der Waals surface area contributed by atoms with E-state index in [1.807, 2.05) is 19.1 Å². The van der Waals surface area contributed by atoms with Crippen molar-refractivity contribution < 1.29 is 9.53 Å². The van der Waals surface area contributed by atoms with Gasteiger partial charge in [0.15, 0.2) is 10.9 Å². The molecule has 1 aliphatic rings. The Morgan fingerprint density at radius 3 is 2.78 bits per heavy atom. The maximum atomic E-state index is 12.2. The van der Waals surface area contributed by atoms with Crippen LogP contribution in [0.15, 0.2) is 17.3 Å². The van der Waals surface area contributed by atoms with Gasteiger partial charge in [-0.1, -0.05) is 11.8 Å². The number of aryl methyl sites for hydroxylation is 1. The van der Waals surface area contributed by atoms with Gasteiger partial charge in [-0.15, -0.1) is 21.5 Å². The number of aromatic nitrogens is 3. The molecule has 0 spiro atoms. The van der Waals surface area contributed by atoms with E-state index in [0.717, 1.165) is 53.7 Å². The fraction of sp³-hybridized carbons (Fsp3) is 0.533. The number of hydrogen-bond donors (Lipinski definition) is 0. The first-order chi connectivity index (χ1) is 11.2. The second kappa shape index (κ2) is 7.46. The Hall–Kier alpha value is -1.38. The number of anilines is 1. The van der Waals surface area contributed by atoms with Crippen LogP contribution in [0.4, 0.5) is 5.95 Å². The molecule has 1 saturated heterocycles. The van der Waals surface area contributed by atoms with Crippen molar-refractivity contribution in [3.8, 4) is 0 Å². The van der Waals surface area contributed by atoms with E-state index in [2.05, 4.69) is 26.6 Å². The molecule has 1 aliphatic heterocycles. The summed E-state index contributed by atoms with van der Waals surface area (Å²) in [6.07, 6.45) is 0. The second-order valence-corrected chi connectivity index (χ2v) is 7.48. The van der Waals surface area contributed by atoms with E-state index in [4.69, 9.17) is 4.74 Å². The highest BCUT2D eigenvalue weighted by atomic mass is 32.2. The van der Waals surface area contributed by atoms with E-state index >= 15 is 0 Å². The normalized spacial score (nSPS) is 15.1. The number of rotatable bonds is 6. The van der Waals surface area contributed by atoms with Gasteiger partial charge in [0.05, 0.1) is 23.8 Å². The summed E-state index contributed by atoms with van der Waals surface area (Å²) in [5.74, 6) is 1.41. The van der Waals surface area contributed by atoms with Crippen LogP contribution in [0.25, 0.3) is 0 Å². The van der Waals surface area contributed by atoms with Crippen molar-refractivity contribution in [3.05, 3.63) is 21.9 Å². The van der Waals surface area contributed by atoms with E-state index in [1.54, 1.807) is 11.3 Å². The van der Waals surface area contributed by atoms with Gasteiger partial charge in [-0.2, -0.15) is 0 Å². The molecule has 2 aromatic rings. The Morgan fingerprint density at radius 2 is 2.13 bits per heavy atom. The third kappa shape index (κ3) is 3.76. The fourth-order valence-corrected chi connectivity index (χ4v) is 4.22.